The molecule has 21 heavy (non-hydrogen) atoms. The molecule has 0 spiro atoms. The van der Waals surface area contributed by atoms with Crippen molar-refractivity contribution >= 4 is 12.0 Å². The summed E-state index contributed by atoms with van der Waals surface area (Å²) in [4.78, 5) is 11.1. The third-order valence-electron chi connectivity index (χ3n) is 2.91. The molecule has 0 fully saturated rings. The first-order valence-corrected chi connectivity index (χ1v) is 6.66. The van der Waals surface area contributed by atoms with Gasteiger partial charge in [0.2, 0.25) is 5.91 Å². The maximum Gasteiger partial charge on any atom is 0.230 e. The van der Waals surface area contributed by atoms with Crippen molar-refractivity contribution in [1.82, 2.24) is 10.9 Å². The molecular weight excluding hydrogens is 267 g/mol. The topological polar surface area (TPSA) is 41.1 Å². The Kier molecular flexibility index (Phi) is 5.23. The highest BCUT2D eigenvalue weighted by Gasteiger charge is 2.07. The first-order chi connectivity index (χ1) is 10.1. The van der Waals surface area contributed by atoms with Crippen molar-refractivity contribution in [3.8, 4) is 0 Å². The van der Waals surface area contributed by atoms with Crippen LogP contribution in [-0.4, -0.2) is 5.91 Å². The Hall–Kier alpha value is -2.46. The summed E-state index contributed by atoms with van der Waals surface area (Å²) in [5.41, 5.74) is 7.45. The third kappa shape index (κ3) is 4.85. The van der Waals surface area contributed by atoms with Crippen molar-refractivity contribution in [1.29, 1.82) is 0 Å². The number of amides is 1. The van der Waals surface area contributed by atoms with Crippen LogP contribution in [0.2, 0.25) is 0 Å². The van der Waals surface area contributed by atoms with Crippen molar-refractivity contribution < 1.29 is 9.18 Å². The third-order valence-corrected chi connectivity index (χ3v) is 2.91. The molecule has 4 heteroatoms. The number of hydrazine groups is 1. The molecule has 0 saturated heterocycles. The smallest absolute Gasteiger partial charge is 0.230 e. The van der Waals surface area contributed by atoms with E-state index < -0.39 is 0 Å². The molecule has 1 atom stereocenters. The lowest BCUT2D eigenvalue weighted by Gasteiger charge is -2.15. The van der Waals surface area contributed by atoms with Gasteiger partial charge < -0.3 is 0 Å². The van der Waals surface area contributed by atoms with E-state index in [0.717, 1.165) is 11.1 Å². The molecular formula is C17H17FN2O. The van der Waals surface area contributed by atoms with Gasteiger partial charge in [0.05, 0.1) is 6.04 Å². The minimum atomic E-state index is -0.261. The van der Waals surface area contributed by atoms with Crippen LogP contribution in [-0.2, 0) is 4.79 Å². The van der Waals surface area contributed by atoms with Crippen LogP contribution in [0.25, 0.3) is 6.08 Å². The van der Waals surface area contributed by atoms with Gasteiger partial charge in [0.1, 0.15) is 5.82 Å². The molecule has 108 valence electrons. The Balaban J connectivity index is 2.15. The average molecular weight is 284 g/mol. The fraction of sp³-hybridized carbons (Fsp3) is 0.118. The van der Waals surface area contributed by atoms with Crippen LogP contribution in [0.15, 0.2) is 60.7 Å². The average Bonchev–Trinajstić information content (AvgIpc) is 2.50. The van der Waals surface area contributed by atoms with Crippen molar-refractivity contribution in [2.45, 2.75) is 13.0 Å². The first-order valence-electron chi connectivity index (χ1n) is 6.66. The Bertz CT molecular complexity index is 608. The van der Waals surface area contributed by atoms with Gasteiger partial charge in [-0.2, -0.15) is 0 Å². The number of rotatable bonds is 5. The molecule has 0 unspecified atom stereocenters. The quantitative estimate of drug-likeness (QED) is 0.828. The van der Waals surface area contributed by atoms with E-state index in [1.807, 2.05) is 42.5 Å². The zero-order valence-corrected chi connectivity index (χ0v) is 11.7. The second kappa shape index (κ2) is 7.36. The van der Waals surface area contributed by atoms with E-state index in [2.05, 4.69) is 10.9 Å². The van der Waals surface area contributed by atoms with E-state index in [9.17, 15) is 9.18 Å². The van der Waals surface area contributed by atoms with Crippen molar-refractivity contribution in [3.05, 3.63) is 77.6 Å². The van der Waals surface area contributed by atoms with Crippen LogP contribution < -0.4 is 10.9 Å². The number of hydrogen-bond donors (Lipinski definition) is 2. The zero-order chi connectivity index (χ0) is 15.1. The summed E-state index contributed by atoms with van der Waals surface area (Å²) in [6.07, 6.45) is 3.80. The first kappa shape index (κ1) is 14.9. The van der Waals surface area contributed by atoms with Crippen molar-refractivity contribution in [2.75, 3.05) is 0 Å². The summed E-state index contributed by atoms with van der Waals surface area (Å²) in [6.45, 7) is 1.44. The van der Waals surface area contributed by atoms with Crippen LogP contribution in [0.3, 0.4) is 0 Å². The molecule has 0 bridgehead atoms. The van der Waals surface area contributed by atoms with Crippen molar-refractivity contribution in [2.24, 2.45) is 0 Å². The Morgan fingerprint density at radius 2 is 1.76 bits per heavy atom. The lowest BCUT2D eigenvalue weighted by Crippen LogP contribution is -2.37. The predicted molar refractivity (Wildman–Crippen MR) is 81.6 cm³/mol. The summed E-state index contributed by atoms with van der Waals surface area (Å²) < 4.78 is 12.9. The molecule has 0 aliphatic carbocycles. The number of nitrogens with one attached hydrogen (secondary N) is 2. The molecule has 2 aromatic rings. The Morgan fingerprint density at radius 3 is 2.38 bits per heavy atom. The van der Waals surface area contributed by atoms with Gasteiger partial charge in [-0.15, -0.1) is 0 Å². The van der Waals surface area contributed by atoms with Gasteiger partial charge in [-0.25, -0.2) is 9.82 Å². The summed E-state index contributed by atoms with van der Waals surface area (Å²) in [7, 11) is 0. The SMILES string of the molecule is CC(=O)NN[C@H](/C=C/c1ccc(F)cc1)c1ccccc1. The van der Waals surface area contributed by atoms with Crippen molar-refractivity contribution in [3.63, 3.8) is 0 Å². The maximum absolute atomic E-state index is 12.9. The minimum absolute atomic E-state index is 0.161. The fourth-order valence-electron chi connectivity index (χ4n) is 1.86. The molecule has 0 heterocycles. The van der Waals surface area contributed by atoms with Crippen LogP contribution >= 0.6 is 0 Å². The summed E-state index contributed by atoms with van der Waals surface area (Å²) >= 11 is 0. The monoisotopic (exact) mass is 284 g/mol. The number of carbonyl (C=O) groups is 1. The van der Waals surface area contributed by atoms with Gasteiger partial charge >= 0.3 is 0 Å². The molecule has 2 rings (SSSR count). The fourth-order valence-corrected chi connectivity index (χ4v) is 1.86. The van der Waals surface area contributed by atoms with Gasteiger partial charge in [0.15, 0.2) is 0 Å². The lowest BCUT2D eigenvalue weighted by molar-refractivity contribution is -0.120. The van der Waals surface area contributed by atoms with E-state index in [-0.39, 0.29) is 17.8 Å². The van der Waals surface area contributed by atoms with E-state index in [1.165, 1.54) is 19.1 Å². The number of hydrogen-bond acceptors (Lipinski definition) is 2. The van der Waals surface area contributed by atoms with E-state index in [0.29, 0.717) is 0 Å². The second-order valence-electron chi connectivity index (χ2n) is 4.62. The number of halogens is 1. The molecule has 1 amide bonds. The maximum atomic E-state index is 12.9. The molecule has 0 aliphatic heterocycles. The molecule has 3 nitrogen and oxygen atoms in total. The standard InChI is InChI=1S/C17H17FN2O/c1-13(21)19-20-17(15-5-3-2-4-6-15)12-9-14-7-10-16(18)11-8-14/h2-12,17,20H,1H3,(H,19,21)/b12-9+/t17-/m1/s1. The zero-order valence-electron chi connectivity index (χ0n) is 11.7. The highest BCUT2D eigenvalue weighted by Crippen LogP contribution is 2.15. The van der Waals surface area contributed by atoms with E-state index in [4.69, 9.17) is 0 Å². The summed E-state index contributed by atoms with van der Waals surface area (Å²) in [6, 6.07) is 15.8. The van der Waals surface area contributed by atoms with Crippen LogP contribution in [0.4, 0.5) is 4.39 Å². The largest absolute Gasteiger partial charge is 0.291 e. The van der Waals surface area contributed by atoms with Gasteiger partial charge in [-0.05, 0) is 23.3 Å². The number of benzene rings is 2. The van der Waals surface area contributed by atoms with Crippen LogP contribution in [0.5, 0.6) is 0 Å². The Labute approximate surface area is 123 Å². The summed E-state index contributed by atoms with van der Waals surface area (Å²) in [5.74, 6) is -0.422. The predicted octanol–water partition coefficient (Wildman–Crippen LogP) is 3.22. The Morgan fingerprint density at radius 1 is 1.10 bits per heavy atom. The normalized spacial score (nSPS) is 12.3. The number of carbonyl (C=O) groups excluding carboxylic acids is 1. The molecule has 2 N–H and O–H groups in total. The van der Waals surface area contributed by atoms with E-state index in [1.54, 1.807) is 12.1 Å². The van der Waals surface area contributed by atoms with Crippen LogP contribution in [0.1, 0.15) is 24.1 Å². The van der Waals surface area contributed by atoms with Gasteiger partial charge in [-0.1, -0.05) is 54.6 Å². The van der Waals surface area contributed by atoms with Crippen LogP contribution in [0, 0.1) is 5.82 Å². The van der Waals surface area contributed by atoms with Gasteiger partial charge in [0, 0.05) is 6.92 Å². The van der Waals surface area contributed by atoms with Gasteiger partial charge in [0.25, 0.3) is 0 Å². The molecule has 2 aromatic carbocycles. The summed E-state index contributed by atoms with van der Waals surface area (Å²) in [5, 5.41) is 0. The van der Waals surface area contributed by atoms with E-state index >= 15 is 0 Å². The molecule has 0 saturated carbocycles. The minimum Gasteiger partial charge on any atom is -0.291 e. The lowest BCUT2D eigenvalue weighted by atomic mass is 10.1. The molecule has 0 aliphatic rings. The highest BCUT2D eigenvalue weighted by atomic mass is 19.1. The van der Waals surface area contributed by atoms with Gasteiger partial charge in [-0.3, -0.25) is 10.2 Å². The second-order valence-corrected chi connectivity index (χ2v) is 4.62. The highest BCUT2D eigenvalue weighted by molar-refractivity contribution is 5.72. The molecule has 0 radical (unpaired) electrons. The molecule has 0 aromatic heterocycles.